The lowest BCUT2D eigenvalue weighted by Crippen LogP contribution is -2.31. The zero-order chi connectivity index (χ0) is 18.8. The molecule has 0 aromatic rings. The number of carboxylic acids is 2. The van der Waals surface area contributed by atoms with E-state index < -0.39 is 11.9 Å². The molecule has 0 aliphatic heterocycles. The second-order valence-corrected chi connectivity index (χ2v) is 6.34. The minimum Gasteiger partial charge on any atom is -0.480 e. The summed E-state index contributed by atoms with van der Waals surface area (Å²) >= 11 is 0. The highest BCUT2D eigenvalue weighted by Crippen LogP contribution is 2.02. The molecule has 0 spiro atoms. The molecule has 0 aromatic carbocycles. The Bertz CT molecular complexity index is 287. The van der Waals surface area contributed by atoms with E-state index in [0.717, 1.165) is 12.8 Å². The zero-order valence-electron chi connectivity index (χ0n) is 16.3. The Hall–Kier alpha value is -0.850. The van der Waals surface area contributed by atoms with Crippen LogP contribution >= 0.6 is 12.4 Å². The van der Waals surface area contributed by atoms with Crippen molar-refractivity contribution in [2.75, 3.05) is 13.1 Å². The van der Waals surface area contributed by atoms with Gasteiger partial charge in [-0.2, -0.15) is 0 Å². The van der Waals surface area contributed by atoms with Crippen LogP contribution in [-0.4, -0.2) is 47.3 Å². The molecule has 0 saturated heterocycles. The maximum absolute atomic E-state index is 10.2. The third-order valence-corrected chi connectivity index (χ3v) is 3.68. The Balaban J connectivity index is -0.000000372. The van der Waals surface area contributed by atoms with Gasteiger partial charge < -0.3 is 20.8 Å². The lowest BCUT2D eigenvalue weighted by atomic mass is 10.1. The summed E-state index contributed by atoms with van der Waals surface area (Å²) in [5.74, 6) is -1.56. The van der Waals surface area contributed by atoms with Crippen molar-refractivity contribution in [3.63, 3.8) is 0 Å². The van der Waals surface area contributed by atoms with Crippen molar-refractivity contribution in [2.45, 2.75) is 91.1 Å². The molecule has 0 fully saturated rings. The molecular formula is C18H39ClN2O4. The molecule has 0 aliphatic carbocycles. The highest BCUT2D eigenvalue weighted by Gasteiger charge is 2.03. The predicted octanol–water partition coefficient (Wildman–Crippen LogP) is 3.68. The topological polar surface area (TPSA) is 98.7 Å². The van der Waals surface area contributed by atoms with Crippen molar-refractivity contribution >= 4 is 24.3 Å². The Morgan fingerprint density at radius 3 is 1.32 bits per heavy atom. The quantitative estimate of drug-likeness (QED) is 0.342. The van der Waals surface area contributed by atoms with Gasteiger partial charge in [-0.05, 0) is 26.7 Å². The number of carboxylic acid groups (broad SMARTS) is 2. The van der Waals surface area contributed by atoms with Crippen LogP contribution in [0.25, 0.3) is 0 Å². The molecule has 0 amide bonds. The van der Waals surface area contributed by atoms with Crippen LogP contribution in [0.4, 0.5) is 0 Å². The highest BCUT2D eigenvalue weighted by atomic mass is 35.5. The fourth-order valence-electron chi connectivity index (χ4n) is 2.13. The summed E-state index contributed by atoms with van der Waals surface area (Å²) in [6.07, 6.45) is 9.41. The zero-order valence-corrected chi connectivity index (χ0v) is 17.2. The summed E-state index contributed by atoms with van der Waals surface area (Å²) in [6.45, 7) is 8.53. The van der Waals surface area contributed by atoms with E-state index in [0.29, 0.717) is 12.1 Å². The van der Waals surface area contributed by atoms with Gasteiger partial charge in [0.15, 0.2) is 0 Å². The van der Waals surface area contributed by atoms with E-state index in [1.165, 1.54) is 38.5 Å². The van der Waals surface area contributed by atoms with Crippen molar-refractivity contribution in [1.82, 2.24) is 10.6 Å². The first-order chi connectivity index (χ1) is 11.3. The van der Waals surface area contributed by atoms with Crippen molar-refractivity contribution in [1.29, 1.82) is 0 Å². The van der Waals surface area contributed by atoms with Crippen molar-refractivity contribution in [3.05, 3.63) is 0 Å². The number of carbonyl (C=O) groups is 2. The number of hydrogen-bond donors (Lipinski definition) is 4. The summed E-state index contributed by atoms with van der Waals surface area (Å²) in [6, 6.07) is 0.653. The smallest absolute Gasteiger partial charge is 0.317 e. The monoisotopic (exact) mass is 382 g/mol. The molecule has 0 unspecified atom stereocenters. The lowest BCUT2D eigenvalue weighted by molar-refractivity contribution is -0.137. The molecule has 7 heteroatoms. The molecular weight excluding hydrogens is 344 g/mol. The average Bonchev–Trinajstić information content (AvgIpc) is 2.52. The van der Waals surface area contributed by atoms with Gasteiger partial charge >= 0.3 is 11.9 Å². The second-order valence-electron chi connectivity index (χ2n) is 6.34. The number of aliphatic carboxylic acids is 2. The molecule has 0 rings (SSSR count). The number of nitrogens with one attached hydrogen (secondary N) is 2. The standard InChI is InChI=1S/2C9H19NO2.ClH/c2*1-3-4-5-6-8(2)10-7-9(11)12;/h2*8,10H,3-7H2,1-2H3,(H,11,12);1H/t2*8-;/m00./s1. The van der Waals surface area contributed by atoms with Crippen LogP contribution in [0.5, 0.6) is 0 Å². The van der Waals surface area contributed by atoms with Gasteiger partial charge in [0, 0.05) is 12.1 Å². The van der Waals surface area contributed by atoms with Crippen molar-refractivity contribution in [2.24, 2.45) is 0 Å². The van der Waals surface area contributed by atoms with Gasteiger partial charge in [-0.1, -0.05) is 52.4 Å². The molecule has 6 nitrogen and oxygen atoms in total. The molecule has 4 N–H and O–H groups in total. The molecule has 152 valence electrons. The van der Waals surface area contributed by atoms with Crippen LogP contribution in [0.3, 0.4) is 0 Å². The molecule has 25 heavy (non-hydrogen) atoms. The third kappa shape index (κ3) is 28.2. The maximum Gasteiger partial charge on any atom is 0.317 e. The second kappa shape index (κ2) is 21.2. The van der Waals surface area contributed by atoms with E-state index in [2.05, 4.69) is 24.5 Å². The summed E-state index contributed by atoms with van der Waals surface area (Å²) < 4.78 is 0. The summed E-state index contributed by atoms with van der Waals surface area (Å²) in [7, 11) is 0. The first-order valence-electron chi connectivity index (χ1n) is 9.23. The first kappa shape index (κ1) is 28.9. The minimum absolute atomic E-state index is 0. The van der Waals surface area contributed by atoms with E-state index in [9.17, 15) is 9.59 Å². The highest BCUT2D eigenvalue weighted by molar-refractivity contribution is 5.85. The fourth-order valence-corrected chi connectivity index (χ4v) is 2.13. The fraction of sp³-hybridized carbons (Fsp3) is 0.889. The number of rotatable bonds is 14. The predicted molar refractivity (Wildman–Crippen MR) is 106 cm³/mol. The van der Waals surface area contributed by atoms with Gasteiger partial charge in [0.1, 0.15) is 0 Å². The van der Waals surface area contributed by atoms with E-state index in [1.54, 1.807) is 0 Å². The minimum atomic E-state index is -0.780. The molecule has 2 atom stereocenters. The normalized spacial score (nSPS) is 12.3. The largest absolute Gasteiger partial charge is 0.480 e. The average molecular weight is 383 g/mol. The Labute approximate surface area is 159 Å². The molecule has 0 aromatic heterocycles. The van der Waals surface area contributed by atoms with Crippen LogP contribution in [0.1, 0.15) is 79.1 Å². The van der Waals surface area contributed by atoms with Gasteiger partial charge in [-0.3, -0.25) is 9.59 Å². The van der Waals surface area contributed by atoms with Gasteiger partial charge in [0.25, 0.3) is 0 Å². The van der Waals surface area contributed by atoms with E-state index in [-0.39, 0.29) is 25.5 Å². The summed E-state index contributed by atoms with van der Waals surface area (Å²) in [5.41, 5.74) is 0. The Morgan fingerprint density at radius 2 is 1.08 bits per heavy atom. The number of halogens is 1. The van der Waals surface area contributed by atoms with Gasteiger partial charge in [-0.15, -0.1) is 12.4 Å². The van der Waals surface area contributed by atoms with Crippen molar-refractivity contribution in [3.8, 4) is 0 Å². The molecule has 0 radical (unpaired) electrons. The number of unbranched alkanes of at least 4 members (excludes halogenated alkanes) is 4. The van der Waals surface area contributed by atoms with Crippen LogP contribution in [-0.2, 0) is 9.59 Å². The Kier molecular flexibility index (Phi) is 24.5. The molecule has 0 bridgehead atoms. The van der Waals surface area contributed by atoms with Gasteiger partial charge in [0.2, 0.25) is 0 Å². The molecule has 0 heterocycles. The van der Waals surface area contributed by atoms with Crippen LogP contribution < -0.4 is 10.6 Å². The van der Waals surface area contributed by atoms with Gasteiger partial charge in [0.05, 0.1) is 13.1 Å². The first-order valence-corrected chi connectivity index (χ1v) is 9.23. The maximum atomic E-state index is 10.2. The van der Waals surface area contributed by atoms with Crippen molar-refractivity contribution < 1.29 is 19.8 Å². The molecule has 0 aliphatic rings. The summed E-state index contributed by atoms with van der Waals surface area (Å²) in [5, 5.41) is 22.6. The van der Waals surface area contributed by atoms with E-state index >= 15 is 0 Å². The lowest BCUT2D eigenvalue weighted by Gasteiger charge is -2.10. The van der Waals surface area contributed by atoms with Crippen LogP contribution in [0.2, 0.25) is 0 Å². The SMILES string of the molecule is CCCCC[C@H](C)NCC(=O)O.CCCCC[C@H](C)NCC(=O)O.Cl. The molecule has 0 saturated carbocycles. The van der Waals surface area contributed by atoms with E-state index in [1.807, 2.05) is 13.8 Å². The third-order valence-electron chi connectivity index (χ3n) is 3.68. The number of hydrogen-bond acceptors (Lipinski definition) is 4. The van der Waals surface area contributed by atoms with Crippen LogP contribution in [0, 0.1) is 0 Å². The van der Waals surface area contributed by atoms with Crippen LogP contribution in [0.15, 0.2) is 0 Å². The summed E-state index contributed by atoms with van der Waals surface area (Å²) in [4.78, 5) is 20.3. The Morgan fingerprint density at radius 1 is 0.760 bits per heavy atom. The van der Waals surface area contributed by atoms with Gasteiger partial charge in [-0.25, -0.2) is 0 Å². The van der Waals surface area contributed by atoms with E-state index in [4.69, 9.17) is 10.2 Å².